The average Bonchev–Trinajstić information content (AvgIpc) is 2.56. The molecule has 0 saturated carbocycles. The van der Waals surface area contributed by atoms with Gasteiger partial charge in [0.25, 0.3) is 0 Å². The van der Waals surface area contributed by atoms with Crippen LogP contribution in [0.2, 0.25) is 0 Å². The molecule has 0 atom stereocenters. The van der Waals surface area contributed by atoms with Gasteiger partial charge in [-0.05, 0) is 48.0 Å². The van der Waals surface area contributed by atoms with Crippen LogP contribution in [0.5, 0.6) is 11.5 Å². The summed E-state index contributed by atoms with van der Waals surface area (Å²) in [7, 11) is 3.21. The van der Waals surface area contributed by atoms with Crippen molar-refractivity contribution in [3.05, 3.63) is 60.3 Å². The Balaban J connectivity index is 1.87. The molecule has 2 amide bonds. The highest BCUT2D eigenvalue weighted by Gasteiger charge is 1.99. The second-order valence-corrected chi connectivity index (χ2v) is 4.44. The van der Waals surface area contributed by atoms with E-state index in [4.69, 9.17) is 9.47 Å². The van der Waals surface area contributed by atoms with Gasteiger partial charge in [0.15, 0.2) is 0 Å². The minimum atomic E-state index is -0.315. The van der Waals surface area contributed by atoms with Gasteiger partial charge in [-0.1, -0.05) is 12.1 Å². The highest BCUT2D eigenvalue weighted by atomic mass is 16.5. The number of benzene rings is 2. The number of carbonyl (C=O) groups excluding carboxylic acids is 1. The van der Waals surface area contributed by atoms with Crippen molar-refractivity contribution in [2.45, 2.75) is 0 Å². The van der Waals surface area contributed by atoms with Crippen molar-refractivity contribution in [3.63, 3.8) is 0 Å². The van der Waals surface area contributed by atoms with Crippen LogP contribution in [-0.2, 0) is 0 Å². The number of methoxy groups -OCH3 is 2. The number of nitrogens with one attached hydrogen (secondary N) is 2. The molecule has 5 nitrogen and oxygen atoms in total. The minimum absolute atomic E-state index is 0.315. The summed E-state index contributed by atoms with van der Waals surface area (Å²) in [6, 6.07) is 14.3. The second kappa shape index (κ2) is 7.73. The lowest BCUT2D eigenvalue weighted by Gasteiger charge is -2.05. The third-order valence-electron chi connectivity index (χ3n) is 2.93. The zero-order valence-corrected chi connectivity index (χ0v) is 12.5. The first-order chi connectivity index (χ1) is 10.7. The van der Waals surface area contributed by atoms with E-state index < -0.39 is 0 Å². The zero-order valence-electron chi connectivity index (χ0n) is 12.5. The van der Waals surface area contributed by atoms with Crippen molar-refractivity contribution in [2.24, 2.45) is 0 Å². The van der Waals surface area contributed by atoms with E-state index >= 15 is 0 Å². The Hall–Kier alpha value is -2.95. The molecule has 0 bridgehead atoms. The highest BCUT2D eigenvalue weighted by Crippen LogP contribution is 2.15. The van der Waals surface area contributed by atoms with Gasteiger partial charge in [0, 0.05) is 11.9 Å². The third kappa shape index (κ3) is 4.56. The number of amides is 2. The second-order valence-electron chi connectivity index (χ2n) is 4.44. The lowest BCUT2D eigenvalue weighted by Crippen LogP contribution is -2.23. The number of hydrogen-bond donors (Lipinski definition) is 2. The maximum absolute atomic E-state index is 11.8. The summed E-state index contributed by atoms with van der Waals surface area (Å²) in [5, 5.41) is 5.36. The monoisotopic (exact) mass is 298 g/mol. The van der Waals surface area contributed by atoms with E-state index in [2.05, 4.69) is 10.6 Å². The first kappa shape index (κ1) is 15.4. The summed E-state index contributed by atoms with van der Waals surface area (Å²) < 4.78 is 10.2. The Kier molecular flexibility index (Phi) is 5.43. The van der Waals surface area contributed by atoms with E-state index in [9.17, 15) is 4.79 Å². The molecule has 0 saturated heterocycles. The van der Waals surface area contributed by atoms with Gasteiger partial charge in [-0.2, -0.15) is 0 Å². The molecular weight excluding hydrogens is 280 g/mol. The van der Waals surface area contributed by atoms with Crippen molar-refractivity contribution in [3.8, 4) is 11.5 Å². The molecule has 0 spiro atoms. The SMILES string of the molecule is COc1ccc(NC(=O)N/C=C/c2cccc(OC)c2)cc1. The van der Waals surface area contributed by atoms with E-state index in [0.29, 0.717) is 5.69 Å². The molecule has 0 aliphatic carbocycles. The van der Waals surface area contributed by atoms with E-state index in [1.807, 2.05) is 24.3 Å². The Morgan fingerprint density at radius 3 is 2.41 bits per heavy atom. The van der Waals surface area contributed by atoms with Gasteiger partial charge in [-0.3, -0.25) is 0 Å². The van der Waals surface area contributed by atoms with Crippen molar-refractivity contribution < 1.29 is 14.3 Å². The quantitative estimate of drug-likeness (QED) is 0.888. The summed E-state index contributed by atoms with van der Waals surface area (Å²) in [4.78, 5) is 11.8. The molecule has 0 aromatic heterocycles. The molecule has 0 radical (unpaired) electrons. The number of ether oxygens (including phenoxy) is 2. The van der Waals surface area contributed by atoms with Crippen molar-refractivity contribution in [1.29, 1.82) is 0 Å². The predicted molar refractivity (Wildman–Crippen MR) is 87.2 cm³/mol. The lowest BCUT2D eigenvalue weighted by molar-refractivity contribution is 0.255. The standard InChI is InChI=1S/C17H18N2O3/c1-21-15-8-6-14(7-9-15)19-17(20)18-11-10-13-4-3-5-16(12-13)22-2/h3-12H,1-2H3,(H2,18,19,20)/b11-10+. The summed E-state index contributed by atoms with van der Waals surface area (Å²) in [5.41, 5.74) is 1.62. The molecule has 0 unspecified atom stereocenters. The smallest absolute Gasteiger partial charge is 0.323 e. The first-order valence-corrected chi connectivity index (χ1v) is 6.73. The maximum Gasteiger partial charge on any atom is 0.323 e. The summed E-state index contributed by atoms with van der Waals surface area (Å²) in [6.45, 7) is 0. The fraction of sp³-hybridized carbons (Fsp3) is 0.118. The normalized spacial score (nSPS) is 10.3. The topological polar surface area (TPSA) is 59.6 Å². The van der Waals surface area contributed by atoms with Crippen molar-refractivity contribution >= 4 is 17.8 Å². The predicted octanol–water partition coefficient (Wildman–Crippen LogP) is 3.50. The van der Waals surface area contributed by atoms with Gasteiger partial charge in [0.05, 0.1) is 14.2 Å². The summed E-state index contributed by atoms with van der Waals surface area (Å²) >= 11 is 0. The van der Waals surface area contributed by atoms with Crippen LogP contribution < -0.4 is 20.1 Å². The van der Waals surface area contributed by atoms with Crippen LogP contribution in [0.3, 0.4) is 0 Å². The first-order valence-electron chi connectivity index (χ1n) is 6.73. The van der Waals surface area contributed by atoms with Crippen LogP contribution in [0.1, 0.15) is 5.56 Å². The highest BCUT2D eigenvalue weighted by molar-refractivity contribution is 5.90. The molecule has 2 aromatic rings. The molecule has 0 aliphatic heterocycles. The number of urea groups is 1. The molecule has 22 heavy (non-hydrogen) atoms. The third-order valence-corrected chi connectivity index (χ3v) is 2.93. The van der Waals surface area contributed by atoms with E-state index in [1.165, 1.54) is 0 Å². The van der Waals surface area contributed by atoms with Crippen LogP contribution in [-0.4, -0.2) is 20.3 Å². The van der Waals surface area contributed by atoms with Crippen molar-refractivity contribution in [2.75, 3.05) is 19.5 Å². The molecule has 2 aromatic carbocycles. The molecule has 2 N–H and O–H groups in total. The fourth-order valence-electron chi connectivity index (χ4n) is 1.80. The van der Waals surface area contributed by atoms with Gasteiger partial charge in [0.2, 0.25) is 0 Å². The molecule has 0 heterocycles. The Morgan fingerprint density at radius 1 is 1.00 bits per heavy atom. The van der Waals surface area contributed by atoms with Gasteiger partial charge in [0.1, 0.15) is 11.5 Å². The number of rotatable bonds is 5. The van der Waals surface area contributed by atoms with Crippen LogP contribution >= 0.6 is 0 Å². The Bertz CT molecular complexity index is 651. The number of anilines is 1. The Labute approximate surface area is 129 Å². The van der Waals surface area contributed by atoms with Gasteiger partial charge in [-0.25, -0.2) is 4.79 Å². The minimum Gasteiger partial charge on any atom is -0.497 e. The average molecular weight is 298 g/mol. The van der Waals surface area contributed by atoms with Crippen LogP contribution in [0.15, 0.2) is 54.7 Å². The molecule has 114 valence electrons. The fourth-order valence-corrected chi connectivity index (χ4v) is 1.80. The van der Waals surface area contributed by atoms with Crippen LogP contribution in [0.25, 0.3) is 6.08 Å². The Morgan fingerprint density at radius 2 is 1.73 bits per heavy atom. The van der Waals surface area contributed by atoms with Gasteiger partial charge >= 0.3 is 6.03 Å². The summed E-state index contributed by atoms with van der Waals surface area (Å²) in [5.74, 6) is 1.51. The van der Waals surface area contributed by atoms with Gasteiger partial charge < -0.3 is 20.1 Å². The van der Waals surface area contributed by atoms with E-state index in [0.717, 1.165) is 17.1 Å². The van der Waals surface area contributed by atoms with E-state index in [1.54, 1.807) is 50.8 Å². The van der Waals surface area contributed by atoms with Crippen LogP contribution in [0.4, 0.5) is 10.5 Å². The molecule has 0 aliphatic rings. The molecule has 0 fully saturated rings. The molecule has 5 heteroatoms. The van der Waals surface area contributed by atoms with Gasteiger partial charge in [-0.15, -0.1) is 0 Å². The zero-order chi connectivity index (χ0) is 15.8. The largest absolute Gasteiger partial charge is 0.497 e. The van der Waals surface area contributed by atoms with E-state index in [-0.39, 0.29) is 6.03 Å². The molecule has 2 rings (SSSR count). The summed E-state index contributed by atoms with van der Waals surface area (Å²) in [6.07, 6.45) is 3.36. The maximum atomic E-state index is 11.8. The molecular formula is C17H18N2O3. The van der Waals surface area contributed by atoms with Crippen molar-refractivity contribution in [1.82, 2.24) is 5.32 Å². The van der Waals surface area contributed by atoms with Crippen LogP contribution in [0, 0.1) is 0 Å². The number of carbonyl (C=O) groups is 1. The lowest BCUT2D eigenvalue weighted by atomic mass is 10.2. The number of hydrogen-bond acceptors (Lipinski definition) is 3.